The number of hydrogen-bond acceptors (Lipinski definition) is 2. The molecule has 1 radical (unpaired) electrons. The fourth-order valence-corrected chi connectivity index (χ4v) is 3.62. The summed E-state index contributed by atoms with van der Waals surface area (Å²) in [6, 6.07) is 24.9. The molecule has 0 saturated heterocycles. The van der Waals surface area contributed by atoms with Gasteiger partial charge in [0.1, 0.15) is 0 Å². The van der Waals surface area contributed by atoms with Gasteiger partial charge in [-0.1, -0.05) is 41.4 Å². The van der Waals surface area contributed by atoms with Gasteiger partial charge in [0.2, 0.25) is 0 Å². The predicted octanol–water partition coefficient (Wildman–Crippen LogP) is 6.20. The quantitative estimate of drug-likeness (QED) is 0.333. The van der Waals surface area contributed by atoms with Gasteiger partial charge in [-0.15, -0.1) is 5.56 Å². The first-order valence-corrected chi connectivity index (χ1v) is 9.68. The number of para-hydroxylation sites is 1. The van der Waals surface area contributed by atoms with Crippen molar-refractivity contribution in [2.45, 2.75) is 6.92 Å². The number of amides is 1. The molecule has 1 amide bonds. The molecule has 7 heteroatoms. The van der Waals surface area contributed by atoms with Gasteiger partial charge in [0, 0.05) is 49.0 Å². The predicted molar refractivity (Wildman–Crippen MR) is 117 cm³/mol. The first-order chi connectivity index (χ1) is 14.0. The molecule has 4 nitrogen and oxygen atoms in total. The summed E-state index contributed by atoms with van der Waals surface area (Å²) in [4.78, 5) is 13.0. The fraction of sp³-hybridized carbons (Fsp3) is 0.0435. The fourth-order valence-electron chi connectivity index (χ4n) is 3.13. The molecule has 0 aliphatic rings. The van der Waals surface area contributed by atoms with Crippen LogP contribution in [0.2, 0.25) is 10.0 Å². The van der Waals surface area contributed by atoms with Crippen LogP contribution in [0.5, 0.6) is 0 Å². The molecule has 0 fully saturated rings. The van der Waals surface area contributed by atoms with E-state index < -0.39 is 0 Å². The van der Waals surface area contributed by atoms with Crippen molar-refractivity contribution >= 4 is 34.8 Å². The van der Waals surface area contributed by atoms with Crippen LogP contribution in [-0.2, 0) is 32.7 Å². The van der Waals surface area contributed by atoms with Crippen molar-refractivity contribution in [3.05, 3.63) is 100 Å². The number of rotatable bonds is 4. The van der Waals surface area contributed by atoms with Crippen LogP contribution in [-0.4, -0.2) is 15.7 Å². The zero-order valence-corrected chi connectivity index (χ0v) is 20.4. The van der Waals surface area contributed by atoms with Gasteiger partial charge in [-0.25, -0.2) is 4.68 Å². The molecule has 30 heavy (non-hydrogen) atoms. The van der Waals surface area contributed by atoms with Crippen LogP contribution in [0.15, 0.2) is 72.8 Å². The van der Waals surface area contributed by atoms with E-state index in [4.69, 9.17) is 23.2 Å². The molecule has 4 rings (SSSR count). The minimum absolute atomic E-state index is 0. The van der Waals surface area contributed by atoms with E-state index in [1.54, 1.807) is 22.9 Å². The third-order valence-electron chi connectivity index (χ3n) is 4.50. The van der Waals surface area contributed by atoms with E-state index in [1.165, 1.54) is 0 Å². The third kappa shape index (κ3) is 4.68. The number of aromatic nitrogens is 2. The molecule has 3 aromatic carbocycles. The normalized spacial score (nSPS) is 10.4. The topological polar surface area (TPSA) is 46.9 Å². The summed E-state index contributed by atoms with van der Waals surface area (Å²) < 4.78 is 1.68. The monoisotopic (exact) mass is 509 g/mol. The van der Waals surface area contributed by atoms with Crippen LogP contribution in [0.3, 0.4) is 0 Å². The van der Waals surface area contributed by atoms with Gasteiger partial charge >= 0.3 is 0 Å². The van der Waals surface area contributed by atoms with E-state index in [9.17, 15) is 4.79 Å². The average Bonchev–Trinajstić information content (AvgIpc) is 3.06. The van der Waals surface area contributed by atoms with Crippen LogP contribution < -0.4 is 5.32 Å². The molecule has 0 bridgehead atoms. The van der Waals surface area contributed by atoms with Crippen molar-refractivity contribution in [3.8, 4) is 16.9 Å². The van der Waals surface area contributed by atoms with Crippen molar-refractivity contribution in [3.63, 3.8) is 0 Å². The zero-order chi connectivity index (χ0) is 20.4. The Morgan fingerprint density at radius 1 is 1.03 bits per heavy atom. The molecule has 1 heterocycles. The Bertz CT molecular complexity index is 1180. The average molecular weight is 510 g/mol. The maximum Gasteiger partial charge on any atom is 0.276 e. The molecule has 147 valence electrons. The van der Waals surface area contributed by atoms with Gasteiger partial charge in [-0.05, 0) is 37.3 Å². The summed E-state index contributed by atoms with van der Waals surface area (Å²) in [5.41, 5.74) is 4.09. The molecule has 0 aliphatic carbocycles. The number of carbonyl (C=O) groups excluding carboxylic acids is 1. The zero-order valence-electron chi connectivity index (χ0n) is 16.1. The first kappa shape index (κ1) is 22.7. The van der Waals surface area contributed by atoms with Crippen LogP contribution in [0.1, 0.15) is 16.1 Å². The number of carbonyl (C=O) groups is 1. The van der Waals surface area contributed by atoms with Crippen molar-refractivity contribution in [1.29, 1.82) is 0 Å². The van der Waals surface area contributed by atoms with Crippen LogP contribution in [0, 0.1) is 13.0 Å². The van der Waals surface area contributed by atoms with E-state index in [2.05, 4.69) is 16.5 Å². The molecular weight excluding hydrogens is 494 g/mol. The van der Waals surface area contributed by atoms with Crippen molar-refractivity contribution in [2.24, 2.45) is 0 Å². The van der Waals surface area contributed by atoms with Crippen LogP contribution in [0.25, 0.3) is 16.9 Å². The second-order valence-electron chi connectivity index (χ2n) is 6.44. The van der Waals surface area contributed by atoms with E-state index in [0.717, 1.165) is 16.8 Å². The Labute approximate surface area is 210 Å². The number of halogens is 2. The number of benzene rings is 3. The third-order valence-corrected chi connectivity index (χ3v) is 5.04. The molecule has 0 spiro atoms. The minimum Gasteiger partial charge on any atom is -0.321 e. The van der Waals surface area contributed by atoms with E-state index in [0.29, 0.717) is 27.1 Å². The molecule has 1 aromatic heterocycles. The molecule has 0 aliphatic heterocycles. The second-order valence-corrected chi connectivity index (χ2v) is 7.28. The van der Waals surface area contributed by atoms with E-state index >= 15 is 0 Å². The first-order valence-electron chi connectivity index (χ1n) is 8.92. The van der Waals surface area contributed by atoms with Crippen molar-refractivity contribution in [1.82, 2.24) is 9.78 Å². The van der Waals surface area contributed by atoms with Crippen LogP contribution >= 0.6 is 23.2 Å². The number of anilines is 1. The smallest absolute Gasteiger partial charge is 0.276 e. The van der Waals surface area contributed by atoms with Crippen LogP contribution in [0.4, 0.5) is 5.69 Å². The largest absolute Gasteiger partial charge is 0.321 e. The maximum absolute atomic E-state index is 13.0. The molecule has 0 saturated carbocycles. The van der Waals surface area contributed by atoms with E-state index in [-0.39, 0.29) is 38.6 Å². The molecule has 4 aromatic rings. The van der Waals surface area contributed by atoms with Gasteiger partial charge in [-0.2, -0.15) is 35.4 Å². The Hall–Kier alpha value is -1.98. The Morgan fingerprint density at radius 2 is 1.73 bits per heavy atom. The Kier molecular flexibility index (Phi) is 7.48. The summed E-state index contributed by atoms with van der Waals surface area (Å²) in [5.74, 6) is -0.290. The molecule has 0 unspecified atom stereocenters. The summed E-state index contributed by atoms with van der Waals surface area (Å²) in [7, 11) is 0. The summed E-state index contributed by atoms with van der Waals surface area (Å²) in [6.45, 7) is 1.87. The van der Waals surface area contributed by atoms with Gasteiger partial charge in [-0.3, -0.25) is 4.79 Å². The number of nitrogens with one attached hydrogen (secondary N) is 1. The van der Waals surface area contributed by atoms with Gasteiger partial charge in [0.25, 0.3) is 5.91 Å². The summed E-state index contributed by atoms with van der Waals surface area (Å²) in [6.07, 6.45) is 0. The SMILES string of the molecule is Cc1c(C(=O)Nc2ccccc2)nn(-c2ccc(Cl)cc2Cl)c1-c1cc[c-]cc1.[Y]. The van der Waals surface area contributed by atoms with Crippen molar-refractivity contribution in [2.75, 3.05) is 5.32 Å². The van der Waals surface area contributed by atoms with Gasteiger partial charge in [0.05, 0.1) is 16.4 Å². The summed E-state index contributed by atoms with van der Waals surface area (Å²) in [5, 5.41) is 8.47. The minimum atomic E-state index is -0.290. The van der Waals surface area contributed by atoms with Gasteiger partial charge in [0.15, 0.2) is 5.69 Å². The van der Waals surface area contributed by atoms with Gasteiger partial charge < -0.3 is 5.32 Å². The van der Waals surface area contributed by atoms with E-state index in [1.807, 2.05) is 61.5 Å². The Morgan fingerprint density at radius 3 is 2.40 bits per heavy atom. The number of nitrogens with zero attached hydrogens (tertiary/aromatic N) is 2. The Balaban J connectivity index is 0.00000256. The van der Waals surface area contributed by atoms with Crippen molar-refractivity contribution < 1.29 is 37.5 Å². The number of hydrogen-bond donors (Lipinski definition) is 1. The molecule has 1 N–H and O–H groups in total. The standard InChI is InChI=1S/C23H16Cl2N3O.Y/c1-15-21(23(29)26-18-10-6-3-7-11-18)27-28(20-13-12-17(24)14-19(20)25)22(15)16-8-4-2-5-9-16;/h3-14H,1H3,(H,26,29);/q-1;. The molecular formula is C23H16Cl2N3OY-. The second kappa shape index (κ2) is 9.89. The summed E-state index contributed by atoms with van der Waals surface area (Å²) >= 11 is 12.5. The maximum atomic E-state index is 13.0. The molecule has 0 atom stereocenters.